The van der Waals surface area contributed by atoms with E-state index >= 15 is 0 Å². The second-order valence-corrected chi connectivity index (χ2v) is 15.8. The number of alkyl halides is 3. The van der Waals surface area contributed by atoms with Crippen LogP contribution < -0.4 is 0 Å². The largest absolute Gasteiger partial charge is 0.534 e. The Labute approximate surface area is 210 Å². The summed E-state index contributed by atoms with van der Waals surface area (Å²) in [5, 5.41) is -1.90. The Kier molecular flexibility index (Phi) is 9.27. The molecule has 202 valence electrons. The predicted molar refractivity (Wildman–Crippen MR) is 129 cm³/mol. The monoisotopic (exact) mass is 551 g/mol. The van der Waals surface area contributed by atoms with Gasteiger partial charge < -0.3 is 18.6 Å². The molecular weight excluding hydrogens is 519 g/mol. The third-order valence-electron chi connectivity index (χ3n) is 7.04. The number of methoxy groups -OCH3 is 1. The van der Waals surface area contributed by atoms with Crippen LogP contribution in [0.5, 0.6) is 0 Å². The van der Waals surface area contributed by atoms with Crippen molar-refractivity contribution in [3.63, 3.8) is 0 Å². The molecule has 0 bridgehead atoms. The number of rotatable bonds is 9. The number of carbonyl (C=O) groups is 2. The van der Waals surface area contributed by atoms with Crippen LogP contribution in [0.4, 0.5) is 18.0 Å². The van der Waals surface area contributed by atoms with Gasteiger partial charge in [-0.15, -0.1) is 0 Å². The molecule has 1 amide bonds. The van der Waals surface area contributed by atoms with Crippen LogP contribution in [0.15, 0.2) is 41.7 Å². The molecule has 1 aliphatic heterocycles. The van der Waals surface area contributed by atoms with E-state index in [2.05, 4.69) is 0 Å². The standard InChI is InChI=1S/C23H32F3NO7SSi/c1-6-36(7-2,8-3)22(20(28)32-5)16-27(21(29)33-15-18-12-10-9-11-13-18)14-17(4)19(22)34-35(30,31)23(24,25)26/h9-13H,6-8,14-16H2,1-5H3. The minimum atomic E-state index is -6.09. The van der Waals surface area contributed by atoms with Crippen molar-refractivity contribution in [1.29, 1.82) is 0 Å². The summed E-state index contributed by atoms with van der Waals surface area (Å²) < 4.78 is 79.4. The first-order valence-electron chi connectivity index (χ1n) is 11.5. The molecule has 36 heavy (non-hydrogen) atoms. The fourth-order valence-corrected chi connectivity index (χ4v) is 10.8. The summed E-state index contributed by atoms with van der Waals surface area (Å²) in [6, 6.07) is 10.0. The fourth-order valence-electron chi connectivity index (χ4n) is 4.99. The van der Waals surface area contributed by atoms with Crippen LogP contribution in [0.25, 0.3) is 0 Å². The van der Waals surface area contributed by atoms with Crippen LogP contribution in [-0.4, -0.2) is 59.2 Å². The van der Waals surface area contributed by atoms with Crippen LogP contribution in [-0.2, 0) is 35.2 Å². The Morgan fingerprint density at radius 1 is 1.08 bits per heavy atom. The van der Waals surface area contributed by atoms with Crippen molar-refractivity contribution in [2.24, 2.45) is 0 Å². The van der Waals surface area contributed by atoms with Crippen molar-refractivity contribution in [3.05, 3.63) is 47.2 Å². The molecule has 0 radical (unpaired) electrons. The molecule has 1 aromatic rings. The summed E-state index contributed by atoms with van der Waals surface area (Å²) in [4.78, 5) is 27.8. The number of halogens is 3. The van der Waals surface area contributed by atoms with E-state index in [1.807, 2.05) is 0 Å². The lowest BCUT2D eigenvalue weighted by Gasteiger charge is -2.51. The summed E-state index contributed by atoms with van der Waals surface area (Å²) in [6.45, 7) is 5.96. The van der Waals surface area contributed by atoms with E-state index in [0.29, 0.717) is 23.7 Å². The lowest BCUT2D eigenvalue weighted by atomic mass is 9.96. The Balaban J connectivity index is 2.67. The highest BCUT2D eigenvalue weighted by Gasteiger charge is 2.64. The van der Waals surface area contributed by atoms with Gasteiger partial charge in [-0.05, 0) is 18.1 Å². The van der Waals surface area contributed by atoms with E-state index in [9.17, 15) is 31.2 Å². The van der Waals surface area contributed by atoms with Gasteiger partial charge in [-0.3, -0.25) is 4.79 Å². The topological polar surface area (TPSA) is 99.2 Å². The molecule has 0 fully saturated rings. The zero-order valence-electron chi connectivity index (χ0n) is 21.0. The first-order valence-corrected chi connectivity index (χ1v) is 15.5. The smallest absolute Gasteiger partial charge is 0.468 e. The first kappa shape index (κ1) is 29.7. The van der Waals surface area contributed by atoms with E-state index in [4.69, 9.17) is 13.7 Å². The molecule has 0 spiro atoms. The van der Waals surface area contributed by atoms with Crippen LogP contribution in [0.1, 0.15) is 33.3 Å². The molecule has 1 aliphatic rings. The lowest BCUT2D eigenvalue weighted by molar-refractivity contribution is -0.145. The molecule has 0 saturated heterocycles. The average molecular weight is 552 g/mol. The molecular formula is C23H32F3NO7SSi. The van der Waals surface area contributed by atoms with Gasteiger partial charge in [0, 0.05) is 13.1 Å². The quantitative estimate of drug-likeness (QED) is 0.180. The van der Waals surface area contributed by atoms with E-state index in [1.54, 1.807) is 51.1 Å². The molecule has 0 aliphatic carbocycles. The molecule has 0 N–H and O–H groups in total. The number of amides is 1. The lowest BCUT2D eigenvalue weighted by Crippen LogP contribution is -2.61. The van der Waals surface area contributed by atoms with Gasteiger partial charge in [0.05, 0.1) is 15.2 Å². The number of benzene rings is 1. The van der Waals surface area contributed by atoms with Crippen LogP contribution in [0.3, 0.4) is 0 Å². The Morgan fingerprint density at radius 3 is 2.11 bits per heavy atom. The maximum atomic E-state index is 13.5. The number of ether oxygens (including phenoxy) is 2. The van der Waals surface area contributed by atoms with Crippen molar-refractivity contribution < 1.29 is 44.8 Å². The number of hydrogen-bond donors (Lipinski definition) is 0. The highest BCUT2D eigenvalue weighted by atomic mass is 32.2. The molecule has 8 nitrogen and oxygen atoms in total. The molecule has 1 atom stereocenters. The van der Waals surface area contributed by atoms with E-state index < -0.39 is 53.1 Å². The number of hydrogen-bond acceptors (Lipinski definition) is 7. The van der Waals surface area contributed by atoms with Gasteiger partial charge in [0.15, 0.2) is 0 Å². The van der Waals surface area contributed by atoms with Crippen molar-refractivity contribution in [3.8, 4) is 0 Å². The Morgan fingerprint density at radius 2 is 1.64 bits per heavy atom. The summed E-state index contributed by atoms with van der Waals surface area (Å²) in [5.74, 6) is -1.54. The van der Waals surface area contributed by atoms with Crippen LogP contribution in [0.2, 0.25) is 23.2 Å². The van der Waals surface area contributed by atoms with Gasteiger partial charge in [0.1, 0.15) is 17.4 Å². The van der Waals surface area contributed by atoms with E-state index in [0.717, 1.165) is 7.11 Å². The Hall–Kier alpha value is -2.54. The second-order valence-electron chi connectivity index (χ2n) is 8.73. The van der Waals surface area contributed by atoms with Gasteiger partial charge >= 0.3 is 27.7 Å². The number of carbonyl (C=O) groups excluding carboxylic acids is 2. The minimum Gasteiger partial charge on any atom is -0.468 e. The van der Waals surface area contributed by atoms with Crippen molar-refractivity contribution in [2.75, 3.05) is 20.2 Å². The normalized spacial score (nSPS) is 19.2. The number of esters is 1. The molecule has 1 unspecified atom stereocenters. The molecule has 0 aromatic heterocycles. The van der Waals surface area contributed by atoms with E-state index in [1.165, 1.54) is 11.8 Å². The maximum Gasteiger partial charge on any atom is 0.534 e. The fraction of sp³-hybridized carbons (Fsp3) is 0.565. The Bertz CT molecular complexity index is 1080. The third-order valence-corrected chi connectivity index (χ3v) is 14.5. The van der Waals surface area contributed by atoms with Gasteiger partial charge in [-0.2, -0.15) is 21.6 Å². The summed E-state index contributed by atoms with van der Waals surface area (Å²) in [7, 11) is -8.05. The zero-order valence-corrected chi connectivity index (χ0v) is 22.8. The summed E-state index contributed by atoms with van der Waals surface area (Å²) in [5.41, 5.74) is -4.99. The summed E-state index contributed by atoms with van der Waals surface area (Å²) >= 11 is 0. The van der Waals surface area contributed by atoms with Gasteiger partial charge in [0.2, 0.25) is 0 Å². The number of nitrogens with zero attached hydrogens (tertiary/aromatic N) is 1. The molecule has 13 heteroatoms. The van der Waals surface area contributed by atoms with E-state index in [-0.39, 0.29) is 18.7 Å². The third kappa shape index (κ3) is 5.41. The SMILES string of the molecule is CC[Si](CC)(CC)C1(C(=O)OC)CN(C(=O)OCc2ccccc2)CC(C)=C1OS(=O)(=O)C(F)(F)F. The second kappa shape index (κ2) is 11.2. The zero-order chi connectivity index (χ0) is 27.4. The van der Waals surface area contributed by atoms with Crippen molar-refractivity contribution >= 4 is 30.3 Å². The van der Waals surface area contributed by atoms with Gasteiger partial charge in [-0.1, -0.05) is 69.2 Å². The molecule has 2 rings (SSSR count). The van der Waals surface area contributed by atoms with Gasteiger partial charge in [0.25, 0.3) is 0 Å². The van der Waals surface area contributed by atoms with Crippen LogP contribution in [0, 0.1) is 0 Å². The van der Waals surface area contributed by atoms with Crippen molar-refractivity contribution in [1.82, 2.24) is 4.90 Å². The van der Waals surface area contributed by atoms with Gasteiger partial charge in [-0.25, -0.2) is 4.79 Å². The molecule has 1 heterocycles. The highest BCUT2D eigenvalue weighted by Crippen LogP contribution is 2.56. The molecule has 1 aromatic carbocycles. The van der Waals surface area contributed by atoms with Crippen LogP contribution >= 0.6 is 0 Å². The maximum absolute atomic E-state index is 13.5. The highest BCUT2D eigenvalue weighted by molar-refractivity contribution is 7.87. The molecule has 0 saturated carbocycles. The van der Waals surface area contributed by atoms with Crippen molar-refractivity contribution in [2.45, 2.75) is 63.0 Å². The summed E-state index contributed by atoms with van der Waals surface area (Å²) in [6.07, 6.45) is -0.796. The predicted octanol–water partition coefficient (Wildman–Crippen LogP) is 5.20. The first-order chi connectivity index (χ1) is 16.7. The average Bonchev–Trinajstić information content (AvgIpc) is 2.84. The minimum absolute atomic E-state index is 0.00311.